The van der Waals surface area contributed by atoms with Crippen molar-refractivity contribution in [2.24, 2.45) is 0 Å². The third kappa shape index (κ3) is 5.83. The number of hydrogen-bond donors (Lipinski definition) is 1. The summed E-state index contributed by atoms with van der Waals surface area (Å²) in [4.78, 5) is 26.6. The summed E-state index contributed by atoms with van der Waals surface area (Å²) in [5, 5.41) is 2.74. The van der Waals surface area contributed by atoms with Gasteiger partial charge in [0.1, 0.15) is 12.6 Å². The molecule has 5 nitrogen and oxygen atoms in total. The molecule has 0 radical (unpaired) electrons. The van der Waals surface area contributed by atoms with Gasteiger partial charge in [0.05, 0.1) is 6.61 Å². The van der Waals surface area contributed by atoms with E-state index in [9.17, 15) is 9.59 Å². The fraction of sp³-hybridized carbons (Fsp3) is 0.556. The van der Waals surface area contributed by atoms with Crippen molar-refractivity contribution in [2.75, 3.05) is 37.7 Å². The number of thioether (sulfide) groups is 1. The number of nitrogens with one attached hydrogen (secondary N) is 1. The van der Waals surface area contributed by atoms with Crippen molar-refractivity contribution in [3.05, 3.63) is 35.9 Å². The van der Waals surface area contributed by atoms with Crippen LogP contribution in [0, 0.1) is 0 Å². The first-order valence-corrected chi connectivity index (χ1v) is 9.68. The first-order chi connectivity index (χ1) is 11.7. The van der Waals surface area contributed by atoms with Gasteiger partial charge in [0, 0.05) is 24.6 Å². The largest absolute Gasteiger partial charge is 0.464 e. The Morgan fingerprint density at radius 3 is 2.62 bits per heavy atom. The Balaban J connectivity index is 1.96. The molecule has 0 saturated carbocycles. The zero-order valence-corrected chi connectivity index (χ0v) is 15.0. The Kier molecular flexibility index (Phi) is 8.12. The second-order valence-corrected chi connectivity index (χ2v) is 6.98. The molecule has 6 heteroatoms. The second-order valence-electron chi connectivity index (χ2n) is 5.75. The monoisotopic (exact) mass is 350 g/mol. The maximum Gasteiger partial charge on any atom is 0.325 e. The minimum absolute atomic E-state index is 0.0749. The fourth-order valence-electron chi connectivity index (χ4n) is 2.64. The van der Waals surface area contributed by atoms with Crippen LogP contribution in [0.25, 0.3) is 0 Å². The molecule has 1 N–H and O–H groups in total. The van der Waals surface area contributed by atoms with Gasteiger partial charge in [-0.25, -0.2) is 0 Å². The van der Waals surface area contributed by atoms with Crippen molar-refractivity contribution in [1.82, 2.24) is 10.2 Å². The van der Waals surface area contributed by atoms with E-state index in [0.29, 0.717) is 6.61 Å². The molecule has 1 aromatic rings. The molecule has 1 atom stereocenters. The van der Waals surface area contributed by atoms with Gasteiger partial charge in [0.25, 0.3) is 0 Å². The highest BCUT2D eigenvalue weighted by Gasteiger charge is 2.29. The third-order valence-electron chi connectivity index (χ3n) is 3.94. The van der Waals surface area contributed by atoms with Crippen LogP contribution in [0.5, 0.6) is 0 Å². The molecule has 1 fully saturated rings. The lowest BCUT2D eigenvalue weighted by atomic mass is 10.0. The predicted molar refractivity (Wildman–Crippen MR) is 97.0 cm³/mol. The lowest BCUT2D eigenvalue weighted by Crippen LogP contribution is -2.45. The standard InChI is InChI=1S/C18H26N2O3S/c1-2-3-11-23-16(21)14-19-18(22)17(15-7-5-4-6-8-15)20-9-12-24-13-10-20/h4-8,17H,2-3,9-14H2,1H3,(H,19,22). The highest BCUT2D eigenvalue weighted by Crippen LogP contribution is 2.24. The van der Waals surface area contributed by atoms with E-state index in [1.54, 1.807) is 0 Å². The first-order valence-electron chi connectivity index (χ1n) is 8.52. The summed E-state index contributed by atoms with van der Waals surface area (Å²) in [5.41, 5.74) is 0.959. The molecule has 1 unspecified atom stereocenters. The minimum Gasteiger partial charge on any atom is -0.464 e. The number of benzene rings is 1. The molecule has 1 aliphatic heterocycles. The van der Waals surface area contributed by atoms with Crippen LogP contribution < -0.4 is 5.32 Å². The molecule has 1 saturated heterocycles. The summed E-state index contributed by atoms with van der Waals surface area (Å²) in [7, 11) is 0. The summed E-state index contributed by atoms with van der Waals surface area (Å²) in [6.07, 6.45) is 1.82. The van der Waals surface area contributed by atoms with Gasteiger partial charge >= 0.3 is 5.97 Å². The zero-order valence-electron chi connectivity index (χ0n) is 14.2. The maximum absolute atomic E-state index is 12.7. The van der Waals surface area contributed by atoms with Crippen LogP contribution in [-0.4, -0.2) is 54.5 Å². The lowest BCUT2D eigenvalue weighted by Gasteiger charge is -2.33. The number of amides is 1. The highest BCUT2D eigenvalue weighted by molar-refractivity contribution is 7.99. The number of ether oxygens (including phenoxy) is 1. The molecular weight excluding hydrogens is 324 g/mol. The molecule has 0 aromatic heterocycles. The van der Waals surface area contributed by atoms with Gasteiger partial charge in [0.15, 0.2) is 0 Å². The lowest BCUT2D eigenvalue weighted by molar-refractivity contribution is -0.144. The Morgan fingerprint density at radius 2 is 1.96 bits per heavy atom. The van der Waals surface area contributed by atoms with Crippen LogP contribution in [0.15, 0.2) is 30.3 Å². The van der Waals surface area contributed by atoms with Crippen molar-refractivity contribution >= 4 is 23.6 Å². The Bertz CT molecular complexity index is 518. The Morgan fingerprint density at radius 1 is 1.25 bits per heavy atom. The van der Waals surface area contributed by atoms with E-state index in [1.807, 2.05) is 49.0 Å². The number of nitrogens with zero attached hydrogens (tertiary/aromatic N) is 1. The van der Waals surface area contributed by atoms with Crippen molar-refractivity contribution in [3.8, 4) is 0 Å². The van der Waals surface area contributed by atoms with Crippen molar-refractivity contribution < 1.29 is 14.3 Å². The van der Waals surface area contributed by atoms with Gasteiger partial charge in [-0.1, -0.05) is 43.7 Å². The summed E-state index contributed by atoms with van der Waals surface area (Å²) in [6, 6.07) is 9.39. The molecule has 1 heterocycles. The highest BCUT2D eigenvalue weighted by atomic mass is 32.2. The van der Waals surface area contributed by atoms with E-state index in [2.05, 4.69) is 10.2 Å². The van der Waals surface area contributed by atoms with E-state index in [-0.39, 0.29) is 24.5 Å². The SMILES string of the molecule is CCCCOC(=O)CNC(=O)C(c1ccccc1)N1CCSCC1. The molecular formula is C18H26N2O3S. The molecule has 132 valence electrons. The number of unbranched alkanes of at least 4 members (excludes halogenated alkanes) is 1. The summed E-state index contributed by atoms with van der Waals surface area (Å²) < 4.78 is 5.09. The zero-order chi connectivity index (χ0) is 17.2. The maximum atomic E-state index is 12.7. The number of carbonyl (C=O) groups excluding carboxylic acids is 2. The van der Waals surface area contributed by atoms with Crippen LogP contribution >= 0.6 is 11.8 Å². The number of esters is 1. The van der Waals surface area contributed by atoms with E-state index in [4.69, 9.17) is 4.74 Å². The Hall–Kier alpha value is -1.53. The van der Waals surface area contributed by atoms with Gasteiger partial charge in [-0.3, -0.25) is 14.5 Å². The van der Waals surface area contributed by atoms with Gasteiger partial charge in [-0.05, 0) is 12.0 Å². The van der Waals surface area contributed by atoms with Gasteiger partial charge in [0.2, 0.25) is 5.91 Å². The minimum atomic E-state index is -0.377. The second kappa shape index (κ2) is 10.4. The van der Waals surface area contributed by atoms with Crippen LogP contribution in [0.1, 0.15) is 31.4 Å². The average molecular weight is 350 g/mol. The van der Waals surface area contributed by atoms with Crippen molar-refractivity contribution in [3.63, 3.8) is 0 Å². The van der Waals surface area contributed by atoms with E-state index in [1.165, 1.54) is 0 Å². The van der Waals surface area contributed by atoms with Gasteiger partial charge in [-0.15, -0.1) is 0 Å². The molecule has 2 rings (SSSR count). The van der Waals surface area contributed by atoms with Crippen LogP contribution in [-0.2, 0) is 14.3 Å². The topological polar surface area (TPSA) is 58.6 Å². The molecule has 0 spiro atoms. The molecule has 1 aromatic carbocycles. The Labute approximate surface area is 148 Å². The van der Waals surface area contributed by atoms with Crippen LogP contribution in [0.4, 0.5) is 0 Å². The quantitative estimate of drug-likeness (QED) is 0.575. The average Bonchev–Trinajstić information content (AvgIpc) is 2.62. The van der Waals surface area contributed by atoms with Gasteiger partial charge < -0.3 is 10.1 Å². The van der Waals surface area contributed by atoms with E-state index >= 15 is 0 Å². The summed E-state index contributed by atoms with van der Waals surface area (Å²) in [6.45, 7) is 4.12. The number of hydrogen-bond acceptors (Lipinski definition) is 5. The molecule has 24 heavy (non-hydrogen) atoms. The predicted octanol–water partition coefficient (Wildman–Crippen LogP) is 2.24. The number of carbonyl (C=O) groups is 2. The first kappa shape index (κ1) is 18.8. The summed E-state index contributed by atoms with van der Waals surface area (Å²) >= 11 is 1.90. The van der Waals surface area contributed by atoms with E-state index < -0.39 is 0 Å². The molecule has 1 aliphatic rings. The van der Waals surface area contributed by atoms with Crippen molar-refractivity contribution in [1.29, 1.82) is 0 Å². The molecule has 0 bridgehead atoms. The van der Waals surface area contributed by atoms with E-state index in [0.717, 1.165) is 43.0 Å². The molecule has 0 aliphatic carbocycles. The van der Waals surface area contributed by atoms with Crippen LogP contribution in [0.2, 0.25) is 0 Å². The molecule has 1 amide bonds. The summed E-state index contributed by atoms with van der Waals surface area (Å²) in [5.74, 6) is 1.53. The van der Waals surface area contributed by atoms with Crippen molar-refractivity contribution in [2.45, 2.75) is 25.8 Å². The van der Waals surface area contributed by atoms with Gasteiger partial charge in [-0.2, -0.15) is 11.8 Å². The number of rotatable bonds is 8. The normalized spacial score (nSPS) is 16.4. The smallest absolute Gasteiger partial charge is 0.325 e. The third-order valence-corrected chi connectivity index (χ3v) is 4.88. The fourth-order valence-corrected chi connectivity index (χ4v) is 3.57. The van der Waals surface area contributed by atoms with Crippen LogP contribution in [0.3, 0.4) is 0 Å².